The van der Waals surface area contributed by atoms with Gasteiger partial charge in [-0.25, -0.2) is 9.97 Å². The van der Waals surface area contributed by atoms with Gasteiger partial charge in [-0.2, -0.15) is 0 Å². The van der Waals surface area contributed by atoms with Crippen molar-refractivity contribution in [1.82, 2.24) is 19.8 Å². The van der Waals surface area contributed by atoms with E-state index in [1.54, 1.807) is 6.20 Å². The summed E-state index contributed by atoms with van der Waals surface area (Å²) in [5.74, 6) is 0.629. The Bertz CT molecular complexity index is 1220. The molecule has 0 spiro atoms. The molecule has 2 amide bonds. The molecule has 1 saturated heterocycles. The Balaban J connectivity index is 1.34. The third kappa shape index (κ3) is 6.66. The Kier molecular flexibility index (Phi) is 8.91. The first-order valence-corrected chi connectivity index (χ1v) is 13.2. The molecule has 9 heteroatoms. The topological polar surface area (TPSA) is 93.7 Å². The summed E-state index contributed by atoms with van der Waals surface area (Å²) in [6.07, 6.45) is 1.72. The van der Waals surface area contributed by atoms with E-state index in [0.29, 0.717) is 5.95 Å². The van der Waals surface area contributed by atoms with Crippen LogP contribution in [0, 0.1) is 0 Å². The van der Waals surface area contributed by atoms with Crippen molar-refractivity contribution in [2.45, 2.75) is 33.7 Å². The van der Waals surface area contributed by atoms with Crippen LogP contribution in [0.2, 0.25) is 0 Å². The molecule has 1 aliphatic rings. The van der Waals surface area contributed by atoms with Crippen LogP contribution in [0.1, 0.15) is 27.7 Å². The van der Waals surface area contributed by atoms with Crippen molar-refractivity contribution < 1.29 is 9.59 Å². The number of rotatable bonds is 9. The number of anilines is 4. The van der Waals surface area contributed by atoms with Crippen LogP contribution in [0.4, 0.5) is 23.0 Å². The molecular weight excluding hydrogens is 478 g/mol. The Labute approximate surface area is 224 Å². The van der Waals surface area contributed by atoms with Gasteiger partial charge < -0.3 is 20.4 Å². The van der Waals surface area contributed by atoms with Crippen LogP contribution < -0.4 is 15.5 Å². The van der Waals surface area contributed by atoms with E-state index in [1.165, 1.54) is 6.92 Å². The highest BCUT2D eigenvalue weighted by molar-refractivity contribution is 5.89. The average Bonchev–Trinajstić information content (AvgIpc) is 2.94. The number of nitrogens with one attached hydrogen (secondary N) is 2. The lowest BCUT2D eigenvalue weighted by atomic mass is 10.1. The van der Waals surface area contributed by atoms with Gasteiger partial charge in [-0.1, -0.05) is 26.0 Å². The summed E-state index contributed by atoms with van der Waals surface area (Å²) in [6.45, 7) is 12.6. The number of carbonyl (C=O) groups excluding carboxylic acids is 2. The third-order valence-electron chi connectivity index (χ3n) is 6.95. The monoisotopic (exact) mass is 515 g/mol. The second kappa shape index (κ2) is 12.5. The summed E-state index contributed by atoms with van der Waals surface area (Å²) >= 11 is 0. The fraction of sp³-hybridized carbons (Fsp3) is 0.379. The molecule has 4 rings (SSSR count). The molecule has 0 saturated carbocycles. The molecule has 3 aromatic rings. The van der Waals surface area contributed by atoms with Crippen LogP contribution in [0.25, 0.3) is 11.3 Å². The lowest BCUT2D eigenvalue weighted by molar-refractivity contribution is -0.136. The van der Waals surface area contributed by atoms with Crippen LogP contribution in [0.3, 0.4) is 0 Å². The van der Waals surface area contributed by atoms with Gasteiger partial charge in [0.05, 0.1) is 11.7 Å². The Morgan fingerprint density at radius 3 is 2.16 bits per heavy atom. The molecule has 200 valence electrons. The summed E-state index contributed by atoms with van der Waals surface area (Å²) in [4.78, 5) is 39.7. The molecule has 1 atom stereocenters. The molecule has 38 heavy (non-hydrogen) atoms. The van der Waals surface area contributed by atoms with Crippen molar-refractivity contribution in [2.24, 2.45) is 0 Å². The lowest BCUT2D eigenvalue weighted by Crippen LogP contribution is -2.54. The molecule has 1 aromatic heterocycles. The van der Waals surface area contributed by atoms with Gasteiger partial charge >= 0.3 is 0 Å². The zero-order valence-electron chi connectivity index (χ0n) is 22.6. The minimum absolute atomic E-state index is 0.0780. The van der Waals surface area contributed by atoms with Crippen LogP contribution in [-0.4, -0.2) is 76.9 Å². The number of benzene rings is 2. The zero-order chi connectivity index (χ0) is 27.1. The molecule has 0 bridgehead atoms. The first-order valence-electron chi connectivity index (χ1n) is 13.2. The summed E-state index contributed by atoms with van der Waals surface area (Å²) in [5, 5.41) is 6.05. The van der Waals surface area contributed by atoms with E-state index in [2.05, 4.69) is 56.4 Å². The Morgan fingerprint density at radius 1 is 0.921 bits per heavy atom. The minimum Gasteiger partial charge on any atom is -0.368 e. The van der Waals surface area contributed by atoms with E-state index in [4.69, 9.17) is 0 Å². The van der Waals surface area contributed by atoms with Gasteiger partial charge in [-0.15, -0.1) is 0 Å². The maximum absolute atomic E-state index is 12.9. The molecule has 0 unspecified atom stereocenters. The standard InChI is InChI=1S/C29H37N7O2/c1-5-34(6-2)21(3)28(38)36-19-17-35(18-20-36)26-13-11-25(12-14-26)32-29-30-16-15-27(33-29)23-7-9-24(10-8-23)31-22(4)37/h7-16,21H,5-6,17-20H2,1-4H3,(H,31,37)(H,30,32,33)/t21-/m0/s1. The van der Waals surface area contributed by atoms with Crippen molar-refractivity contribution in [3.63, 3.8) is 0 Å². The normalized spacial score (nSPS) is 14.3. The second-order valence-corrected chi connectivity index (χ2v) is 9.41. The number of aromatic nitrogens is 2. The van der Waals surface area contributed by atoms with Crippen molar-refractivity contribution in [3.8, 4) is 11.3 Å². The van der Waals surface area contributed by atoms with Crippen molar-refractivity contribution >= 4 is 34.8 Å². The van der Waals surface area contributed by atoms with Gasteiger partial charge in [0.25, 0.3) is 0 Å². The largest absolute Gasteiger partial charge is 0.368 e. The first-order chi connectivity index (χ1) is 18.4. The number of piperazine rings is 1. The van der Waals surface area contributed by atoms with E-state index in [1.807, 2.05) is 54.3 Å². The van der Waals surface area contributed by atoms with Gasteiger partial charge in [-0.05, 0) is 62.5 Å². The molecule has 0 radical (unpaired) electrons. The third-order valence-corrected chi connectivity index (χ3v) is 6.95. The van der Waals surface area contributed by atoms with Gasteiger partial charge in [0, 0.05) is 61.9 Å². The molecule has 2 heterocycles. The molecule has 1 fully saturated rings. The number of amides is 2. The number of hydrogen-bond acceptors (Lipinski definition) is 7. The first kappa shape index (κ1) is 27.1. The lowest BCUT2D eigenvalue weighted by Gasteiger charge is -2.38. The molecule has 2 N–H and O–H groups in total. The van der Waals surface area contributed by atoms with Crippen molar-refractivity contribution in [3.05, 3.63) is 60.8 Å². The predicted molar refractivity (Wildman–Crippen MR) is 153 cm³/mol. The summed E-state index contributed by atoms with van der Waals surface area (Å²) < 4.78 is 0. The fourth-order valence-corrected chi connectivity index (χ4v) is 4.77. The van der Waals surface area contributed by atoms with Crippen LogP contribution in [0.5, 0.6) is 0 Å². The second-order valence-electron chi connectivity index (χ2n) is 9.41. The predicted octanol–water partition coefficient (Wildman–Crippen LogP) is 4.22. The molecule has 2 aromatic carbocycles. The highest BCUT2D eigenvalue weighted by Gasteiger charge is 2.27. The van der Waals surface area contributed by atoms with E-state index in [-0.39, 0.29) is 17.9 Å². The van der Waals surface area contributed by atoms with Crippen LogP contribution >= 0.6 is 0 Å². The SMILES string of the molecule is CCN(CC)[C@@H](C)C(=O)N1CCN(c2ccc(Nc3nccc(-c4ccc(NC(C)=O)cc4)n3)cc2)CC1. The van der Waals surface area contributed by atoms with Crippen LogP contribution in [-0.2, 0) is 9.59 Å². The smallest absolute Gasteiger partial charge is 0.239 e. The molecule has 9 nitrogen and oxygen atoms in total. The van der Waals surface area contributed by atoms with Crippen molar-refractivity contribution in [2.75, 3.05) is 54.8 Å². The molecule has 1 aliphatic heterocycles. The fourth-order valence-electron chi connectivity index (χ4n) is 4.77. The van der Waals surface area contributed by atoms with Gasteiger partial charge in [0.15, 0.2) is 0 Å². The average molecular weight is 516 g/mol. The van der Waals surface area contributed by atoms with Crippen molar-refractivity contribution in [1.29, 1.82) is 0 Å². The van der Waals surface area contributed by atoms with Gasteiger partial charge in [0.2, 0.25) is 17.8 Å². The summed E-state index contributed by atoms with van der Waals surface area (Å²) in [6, 6.07) is 17.5. The minimum atomic E-state index is -0.102. The highest BCUT2D eigenvalue weighted by Crippen LogP contribution is 2.24. The molecule has 0 aliphatic carbocycles. The number of likely N-dealkylation sites (N-methyl/N-ethyl adjacent to an activating group) is 1. The summed E-state index contributed by atoms with van der Waals surface area (Å²) in [7, 11) is 0. The van der Waals surface area contributed by atoms with Gasteiger partial charge in [-0.3, -0.25) is 14.5 Å². The summed E-state index contributed by atoms with van der Waals surface area (Å²) in [5.41, 5.74) is 4.50. The van der Waals surface area contributed by atoms with E-state index in [0.717, 1.165) is 67.6 Å². The van der Waals surface area contributed by atoms with E-state index < -0.39 is 0 Å². The number of carbonyl (C=O) groups is 2. The maximum Gasteiger partial charge on any atom is 0.239 e. The number of hydrogen-bond donors (Lipinski definition) is 2. The Hall–Kier alpha value is -3.98. The van der Waals surface area contributed by atoms with Gasteiger partial charge in [0.1, 0.15) is 0 Å². The quantitative estimate of drug-likeness (QED) is 0.441. The molecular formula is C29H37N7O2. The maximum atomic E-state index is 12.9. The zero-order valence-corrected chi connectivity index (χ0v) is 22.6. The van der Waals surface area contributed by atoms with E-state index in [9.17, 15) is 9.59 Å². The van der Waals surface area contributed by atoms with E-state index >= 15 is 0 Å². The number of nitrogens with zero attached hydrogens (tertiary/aromatic N) is 5. The highest BCUT2D eigenvalue weighted by atomic mass is 16.2. The van der Waals surface area contributed by atoms with Crippen LogP contribution in [0.15, 0.2) is 60.8 Å². The Morgan fingerprint density at radius 2 is 1.55 bits per heavy atom.